The third-order valence-electron chi connectivity index (χ3n) is 1.77. The number of aromatic amines is 1. The van der Waals surface area contributed by atoms with Gasteiger partial charge in [-0.2, -0.15) is 5.10 Å². The van der Waals surface area contributed by atoms with Gasteiger partial charge in [0.15, 0.2) is 10.0 Å². The normalized spacial score (nSPS) is 11.6. The van der Waals surface area contributed by atoms with Crippen LogP contribution in [0.3, 0.4) is 0 Å². The molecule has 2 heterocycles. The molecule has 0 aromatic carbocycles. The van der Waals surface area contributed by atoms with Crippen LogP contribution in [0.5, 0.6) is 0 Å². The quantitative estimate of drug-likeness (QED) is 0.745. The Balaban J connectivity index is 2.31. The van der Waals surface area contributed by atoms with Crippen molar-refractivity contribution in [2.45, 2.75) is 11.1 Å². The molecule has 2 aromatic rings. The zero-order valence-electron chi connectivity index (χ0n) is 8.26. The minimum Gasteiger partial charge on any atom is -0.394 e. The van der Waals surface area contributed by atoms with Crippen LogP contribution in [0.2, 0.25) is 0 Å². The number of aromatic nitrogens is 3. The van der Waals surface area contributed by atoms with E-state index >= 15 is 0 Å². The summed E-state index contributed by atoms with van der Waals surface area (Å²) in [6.07, 6.45) is 2.63. The SMILES string of the molecule is Cc1ncc(S(=O)(=O)Nc2[nH]ncc2N)s1. The van der Waals surface area contributed by atoms with Crippen LogP contribution in [0.4, 0.5) is 11.5 Å². The first kappa shape index (κ1) is 10.9. The number of nitrogens with one attached hydrogen (secondary N) is 2. The molecular weight excluding hydrogens is 250 g/mol. The highest BCUT2D eigenvalue weighted by molar-refractivity contribution is 7.94. The number of H-pyrrole nitrogens is 1. The summed E-state index contributed by atoms with van der Waals surface area (Å²) in [6, 6.07) is 0. The van der Waals surface area contributed by atoms with Gasteiger partial charge in [-0.15, -0.1) is 11.3 Å². The predicted octanol–water partition coefficient (Wildman–Crippen LogP) is 0.558. The number of hydrogen-bond donors (Lipinski definition) is 3. The fourth-order valence-corrected chi connectivity index (χ4v) is 3.18. The third kappa shape index (κ3) is 1.99. The summed E-state index contributed by atoms with van der Waals surface area (Å²) in [5.41, 5.74) is 5.74. The Morgan fingerprint density at radius 2 is 2.25 bits per heavy atom. The molecule has 2 rings (SSSR count). The summed E-state index contributed by atoms with van der Waals surface area (Å²) in [6.45, 7) is 1.73. The Morgan fingerprint density at radius 1 is 1.50 bits per heavy atom. The van der Waals surface area contributed by atoms with Gasteiger partial charge in [-0.05, 0) is 6.92 Å². The van der Waals surface area contributed by atoms with Crippen LogP contribution < -0.4 is 10.5 Å². The Labute approximate surface area is 95.8 Å². The third-order valence-corrected chi connectivity index (χ3v) is 4.49. The lowest BCUT2D eigenvalue weighted by atomic mass is 10.6. The van der Waals surface area contributed by atoms with Crippen molar-refractivity contribution in [1.82, 2.24) is 15.2 Å². The van der Waals surface area contributed by atoms with Gasteiger partial charge in [0.2, 0.25) is 0 Å². The lowest BCUT2D eigenvalue weighted by Crippen LogP contribution is -2.12. The summed E-state index contributed by atoms with van der Waals surface area (Å²) in [5, 5.41) is 6.75. The fraction of sp³-hybridized carbons (Fsp3) is 0.143. The van der Waals surface area contributed by atoms with Gasteiger partial charge in [0, 0.05) is 0 Å². The van der Waals surface area contributed by atoms with Gasteiger partial charge in [-0.1, -0.05) is 0 Å². The van der Waals surface area contributed by atoms with Gasteiger partial charge >= 0.3 is 0 Å². The van der Waals surface area contributed by atoms with Crippen LogP contribution in [0.15, 0.2) is 16.6 Å². The number of thiazole rings is 1. The van der Waals surface area contributed by atoms with Crippen molar-refractivity contribution in [3.63, 3.8) is 0 Å². The number of hydrogen-bond acceptors (Lipinski definition) is 6. The summed E-state index contributed by atoms with van der Waals surface area (Å²) >= 11 is 1.09. The van der Waals surface area contributed by atoms with Crippen molar-refractivity contribution in [1.29, 1.82) is 0 Å². The van der Waals surface area contributed by atoms with Crippen molar-refractivity contribution in [3.8, 4) is 0 Å². The maximum Gasteiger partial charge on any atom is 0.274 e. The number of nitrogens with zero attached hydrogens (tertiary/aromatic N) is 2. The van der Waals surface area contributed by atoms with Gasteiger partial charge in [0.05, 0.1) is 23.1 Å². The number of aryl methyl sites for hydroxylation is 1. The van der Waals surface area contributed by atoms with Crippen molar-refractivity contribution in [2.75, 3.05) is 10.5 Å². The lowest BCUT2D eigenvalue weighted by Gasteiger charge is -2.03. The van der Waals surface area contributed by atoms with Crippen LogP contribution in [-0.2, 0) is 10.0 Å². The van der Waals surface area contributed by atoms with E-state index in [1.54, 1.807) is 6.92 Å². The van der Waals surface area contributed by atoms with E-state index in [1.807, 2.05) is 0 Å². The highest BCUT2D eigenvalue weighted by Gasteiger charge is 2.18. The maximum atomic E-state index is 11.8. The first-order valence-corrected chi connectivity index (χ1v) is 6.53. The van der Waals surface area contributed by atoms with E-state index in [0.29, 0.717) is 5.01 Å². The van der Waals surface area contributed by atoms with E-state index in [2.05, 4.69) is 19.9 Å². The van der Waals surface area contributed by atoms with Crippen LogP contribution >= 0.6 is 11.3 Å². The molecule has 0 atom stereocenters. The van der Waals surface area contributed by atoms with E-state index in [-0.39, 0.29) is 15.7 Å². The molecule has 0 saturated heterocycles. The Morgan fingerprint density at radius 3 is 2.75 bits per heavy atom. The first-order valence-electron chi connectivity index (χ1n) is 4.23. The van der Waals surface area contributed by atoms with E-state index in [9.17, 15) is 8.42 Å². The van der Waals surface area contributed by atoms with Crippen LogP contribution in [0.25, 0.3) is 0 Å². The van der Waals surface area contributed by atoms with Gasteiger partial charge < -0.3 is 5.73 Å². The maximum absolute atomic E-state index is 11.8. The van der Waals surface area contributed by atoms with Gasteiger partial charge in [0.1, 0.15) is 0 Å². The fourth-order valence-electron chi connectivity index (χ4n) is 1.03. The van der Waals surface area contributed by atoms with Crippen LogP contribution in [0.1, 0.15) is 5.01 Å². The second-order valence-corrected chi connectivity index (χ2v) is 6.15. The zero-order chi connectivity index (χ0) is 11.8. The molecule has 9 heteroatoms. The molecule has 86 valence electrons. The number of rotatable bonds is 3. The highest BCUT2D eigenvalue weighted by atomic mass is 32.2. The average Bonchev–Trinajstić information content (AvgIpc) is 2.77. The van der Waals surface area contributed by atoms with E-state index < -0.39 is 10.0 Å². The molecule has 4 N–H and O–H groups in total. The Kier molecular flexibility index (Phi) is 2.56. The molecule has 16 heavy (non-hydrogen) atoms. The zero-order valence-corrected chi connectivity index (χ0v) is 9.89. The predicted molar refractivity (Wildman–Crippen MR) is 60.7 cm³/mol. The monoisotopic (exact) mass is 259 g/mol. The smallest absolute Gasteiger partial charge is 0.274 e. The summed E-state index contributed by atoms with van der Waals surface area (Å²) in [5.74, 6) is 0.158. The minimum absolute atomic E-state index is 0.138. The lowest BCUT2D eigenvalue weighted by molar-refractivity contribution is 0.603. The van der Waals surface area contributed by atoms with E-state index in [1.165, 1.54) is 12.4 Å². The molecule has 0 saturated carbocycles. The number of sulfonamides is 1. The molecule has 0 unspecified atom stereocenters. The second-order valence-electron chi connectivity index (χ2n) is 3.00. The van der Waals surface area contributed by atoms with Gasteiger partial charge in [0.25, 0.3) is 10.0 Å². The summed E-state index contributed by atoms with van der Waals surface area (Å²) < 4.78 is 26.1. The van der Waals surface area contributed by atoms with Crippen LogP contribution in [-0.4, -0.2) is 23.6 Å². The Hall–Kier alpha value is -1.61. The topological polar surface area (TPSA) is 114 Å². The van der Waals surface area contributed by atoms with Crippen molar-refractivity contribution >= 4 is 32.9 Å². The van der Waals surface area contributed by atoms with E-state index in [0.717, 1.165) is 11.3 Å². The number of anilines is 2. The molecular formula is C7H9N5O2S2. The Bertz CT molecular complexity index is 600. The van der Waals surface area contributed by atoms with Gasteiger partial charge in [-0.25, -0.2) is 13.4 Å². The molecule has 0 bridgehead atoms. The van der Waals surface area contributed by atoms with Crippen molar-refractivity contribution in [3.05, 3.63) is 17.4 Å². The molecule has 0 amide bonds. The number of nitrogens with two attached hydrogens (primary N) is 1. The molecule has 0 fully saturated rings. The molecule has 7 nitrogen and oxygen atoms in total. The summed E-state index contributed by atoms with van der Waals surface area (Å²) in [4.78, 5) is 3.88. The number of nitrogen functional groups attached to an aromatic ring is 1. The summed E-state index contributed by atoms with van der Waals surface area (Å²) in [7, 11) is -3.63. The second kappa shape index (κ2) is 3.76. The average molecular weight is 259 g/mol. The molecule has 0 aliphatic carbocycles. The van der Waals surface area contributed by atoms with Gasteiger partial charge in [-0.3, -0.25) is 9.82 Å². The first-order chi connectivity index (χ1) is 7.49. The standard InChI is InChI=1S/C7H9N5O2S2/c1-4-9-3-6(15-4)16(13,14)12-7-5(8)2-10-11-7/h2-3H,8H2,1H3,(H2,10,11,12). The molecule has 0 spiro atoms. The minimum atomic E-state index is -3.63. The molecule has 0 aliphatic rings. The largest absolute Gasteiger partial charge is 0.394 e. The highest BCUT2D eigenvalue weighted by Crippen LogP contribution is 2.22. The van der Waals surface area contributed by atoms with Crippen molar-refractivity contribution in [2.24, 2.45) is 0 Å². The van der Waals surface area contributed by atoms with Crippen molar-refractivity contribution < 1.29 is 8.42 Å². The molecule has 2 aromatic heterocycles. The molecule has 0 radical (unpaired) electrons. The van der Waals surface area contributed by atoms with E-state index in [4.69, 9.17) is 5.73 Å². The molecule has 0 aliphatic heterocycles. The van der Waals surface area contributed by atoms with Crippen LogP contribution in [0, 0.1) is 6.92 Å².